The molecule has 0 aromatic heterocycles. The van der Waals surface area contributed by atoms with Gasteiger partial charge in [-0.15, -0.1) is 0 Å². The number of hydrogen-bond donors (Lipinski definition) is 2. The molecule has 0 unspecified atom stereocenters. The highest BCUT2D eigenvalue weighted by molar-refractivity contribution is 5.35. The average molecular weight is 262 g/mol. The normalized spacial score (nSPS) is 23.8. The van der Waals surface area contributed by atoms with Crippen molar-refractivity contribution in [2.45, 2.75) is 51.2 Å². The summed E-state index contributed by atoms with van der Waals surface area (Å²) in [5.41, 5.74) is 2.25. The van der Waals surface area contributed by atoms with Gasteiger partial charge in [0.25, 0.3) is 0 Å². The van der Waals surface area contributed by atoms with Crippen LogP contribution in [0.1, 0.15) is 36.8 Å². The number of nitrogens with one attached hydrogen (secondary N) is 1. The van der Waals surface area contributed by atoms with Crippen LogP contribution >= 0.6 is 0 Å². The van der Waals surface area contributed by atoms with Gasteiger partial charge in [-0.2, -0.15) is 0 Å². The zero-order valence-electron chi connectivity index (χ0n) is 12.3. The minimum absolute atomic E-state index is 0.418. The van der Waals surface area contributed by atoms with E-state index in [1.807, 2.05) is 6.07 Å². The Morgan fingerprint density at radius 2 is 1.95 bits per heavy atom. The molecule has 106 valence electrons. The first kappa shape index (κ1) is 14.4. The largest absolute Gasteiger partial charge is 0.508 e. The lowest BCUT2D eigenvalue weighted by molar-refractivity contribution is 0.168. The van der Waals surface area contributed by atoms with E-state index in [0.717, 1.165) is 12.1 Å². The van der Waals surface area contributed by atoms with Crippen molar-refractivity contribution in [1.29, 1.82) is 0 Å². The summed E-state index contributed by atoms with van der Waals surface area (Å²) in [4.78, 5) is 2.39. The minimum Gasteiger partial charge on any atom is -0.508 e. The fraction of sp³-hybridized carbons (Fsp3) is 0.625. The number of hydrogen-bond acceptors (Lipinski definition) is 3. The van der Waals surface area contributed by atoms with E-state index in [0.29, 0.717) is 17.8 Å². The topological polar surface area (TPSA) is 35.5 Å². The zero-order chi connectivity index (χ0) is 13.8. The van der Waals surface area contributed by atoms with Crippen LogP contribution in [-0.2, 0) is 6.54 Å². The Hall–Kier alpha value is -1.06. The molecule has 0 radical (unpaired) electrons. The predicted octanol–water partition coefficient (Wildman–Crippen LogP) is 2.66. The summed E-state index contributed by atoms with van der Waals surface area (Å²) in [6.45, 7) is 2.91. The highest BCUT2D eigenvalue weighted by atomic mass is 16.3. The quantitative estimate of drug-likeness (QED) is 0.875. The van der Waals surface area contributed by atoms with Gasteiger partial charge in [0.05, 0.1) is 0 Å². The fourth-order valence-electron chi connectivity index (χ4n) is 3.04. The van der Waals surface area contributed by atoms with Gasteiger partial charge in [0, 0.05) is 24.2 Å². The number of nitrogens with zero attached hydrogens (tertiary/aromatic N) is 1. The third-order valence-corrected chi connectivity index (χ3v) is 4.38. The summed E-state index contributed by atoms with van der Waals surface area (Å²) in [6, 6.07) is 7.18. The highest BCUT2D eigenvalue weighted by Gasteiger charge is 2.23. The monoisotopic (exact) mass is 262 g/mol. The van der Waals surface area contributed by atoms with Crippen LogP contribution in [0.5, 0.6) is 5.75 Å². The number of benzene rings is 1. The summed E-state index contributed by atoms with van der Waals surface area (Å²) in [5.74, 6) is 0.418. The van der Waals surface area contributed by atoms with Crippen LogP contribution in [0.25, 0.3) is 0 Å². The standard InChI is InChI=1S/C16H26N2O/c1-12-4-9-16(19)13(10-12)11-18(3)15-7-5-14(17-2)6-8-15/h4,9-10,14-15,17,19H,5-8,11H2,1-3H3. The molecule has 2 rings (SSSR count). The molecule has 1 saturated carbocycles. The van der Waals surface area contributed by atoms with Crippen molar-refractivity contribution in [3.05, 3.63) is 29.3 Å². The highest BCUT2D eigenvalue weighted by Crippen LogP contribution is 2.26. The van der Waals surface area contributed by atoms with Gasteiger partial charge in [-0.05, 0) is 52.8 Å². The molecule has 0 spiro atoms. The molecule has 2 N–H and O–H groups in total. The van der Waals surface area contributed by atoms with Crippen molar-refractivity contribution in [1.82, 2.24) is 10.2 Å². The van der Waals surface area contributed by atoms with Gasteiger partial charge in [-0.3, -0.25) is 4.90 Å². The molecule has 0 atom stereocenters. The van der Waals surface area contributed by atoms with Gasteiger partial charge in [-0.1, -0.05) is 17.7 Å². The minimum atomic E-state index is 0.418. The Morgan fingerprint density at radius 1 is 1.26 bits per heavy atom. The molecule has 19 heavy (non-hydrogen) atoms. The number of phenols is 1. The van der Waals surface area contributed by atoms with E-state index in [2.05, 4.69) is 37.3 Å². The molecule has 1 aromatic carbocycles. The van der Waals surface area contributed by atoms with Gasteiger partial charge < -0.3 is 10.4 Å². The maximum atomic E-state index is 9.93. The van der Waals surface area contributed by atoms with Gasteiger partial charge >= 0.3 is 0 Å². The third kappa shape index (κ3) is 3.71. The first-order chi connectivity index (χ1) is 9.10. The van der Waals surface area contributed by atoms with E-state index < -0.39 is 0 Å². The van der Waals surface area contributed by atoms with Gasteiger partial charge in [0.15, 0.2) is 0 Å². The van der Waals surface area contributed by atoms with Crippen molar-refractivity contribution in [3.63, 3.8) is 0 Å². The second-order valence-electron chi connectivity index (χ2n) is 5.84. The zero-order valence-corrected chi connectivity index (χ0v) is 12.3. The first-order valence-corrected chi connectivity index (χ1v) is 7.26. The van der Waals surface area contributed by atoms with Crippen LogP contribution in [0.15, 0.2) is 18.2 Å². The second kappa shape index (κ2) is 6.40. The maximum absolute atomic E-state index is 9.93. The Labute approximate surface area is 116 Å². The lowest BCUT2D eigenvalue weighted by Crippen LogP contribution is -2.39. The molecule has 3 nitrogen and oxygen atoms in total. The molecular formula is C16H26N2O. The first-order valence-electron chi connectivity index (χ1n) is 7.26. The van der Waals surface area contributed by atoms with Crippen molar-refractivity contribution < 1.29 is 5.11 Å². The molecule has 3 heteroatoms. The summed E-state index contributed by atoms with van der Waals surface area (Å²) >= 11 is 0. The van der Waals surface area contributed by atoms with Crippen molar-refractivity contribution in [3.8, 4) is 5.75 Å². The van der Waals surface area contributed by atoms with Crippen LogP contribution in [0, 0.1) is 6.92 Å². The molecule has 1 aliphatic carbocycles. The smallest absolute Gasteiger partial charge is 0.120 e. The molecule has 0 aliphatic heterocycles. The molecule has 0 bridgehead atoms. The van der Waals surface area contributed by atoms with Crippen LogP contribution in [0.2, 0.25) is 0 Å². The van der Waals surface area contributed by atoms with E-state index in [1.165, 1.54) is 31.2 Å². The van der Waals surface area contributed by atoms with Crippen LogP contribution in [-0.4, -0.2) is 36.2 Å². The Balaban J connectivity index is 1.94. The molecule has 0 heterocycles. The fourth-order valence-corrected chi connectivity index (χ4v) is 3.04. The number of aryl methyl sites for hydroxylation is 1. The molecule has 1 aromatic rings. The molecule has 0 amide bonds. The second-order valence-corrected chi connectivity index (χ2v) is 5.84. The Kier molecular flexibility index (Phi) is 4.83. The van der Waals surface area contributed by atoms with E-state index in [-0.39, 0.29) is 0 Å². The lowest BCUT2D eigenvalue weighted by atomic mass is 9.90. The summed E-state index contributed by atoms with van der Waals surface area (Å²) in [5, 5.41) is 13.3. The van der Waals surface area contributed by atoms with E-state index in [4.69, 9.17) is 0 Å². The van der Waals surface area contributed by atoms with E-state index >= 15 is 0 Å². The summed E-state index contributed by atoms with van der Waals surface area (Å²) in [6.07, 6.45) is 5.00. The van der Waals surface area contributed by atoms with Gasteiger partial charge in [-0.25, -0.2) is 0 Å². The maximum Gasteiger partial charge on any atom is 0.120 e. The molecule has 0 saturated heterocycles. The van der Waals surface area contributed by atoms with E-state index in [9.17, 15) is 5.11 Å². The predicted molar refractivity (Wildman–Crippen MR) is 79.4 cm³/mol. The number of aromatic hydroxyl groups is 1. The summed E-state index contributed by atoms with van der Waals surface area (Å²) in [7, 11) is 4.23. The Morgan fingerprint density at radius 3 is 2.58 bits per heavy atom. The van der Waals surface area contributed by atoms with Crippen LogP contribution in [0.4, 0.5) is 0 Å². The lowest BCUT2D eigenvalue weighted by Gasteiger charge is -2.34. The molecule has 1 fully saturated rings. The Bertz CT molecular complexity index is 411. The van der Waals surface area contributed by atoms with Crippen molar-refractivity contribution >= 4 is 0 Å². The van der Waals surface area contributed by atoms with Crippen molar-refractivity contribution in [2.24, 2.45) is 0 Å². The van der Waals surface area contributed by atoms with Crippen LogP contribution < -0.4 is 5.32 Å². The average Bonchev–Trinajstić information content (AvgIpc) is 2.43. The van der Waals surface area contributed by atoms with Gasteiger partial charge in [0.2, 0.25) is 0 Å². The third-order valence-electron chi connectivity index (χ3n) is 4.38. The molecule has 1 aliphatic rings. The number of rotatable bonds is 4. The number of phenolic OH excluding ortho intramolecular Hbond substituents is 1. The van der Waals surface area contributed by atoms with Gasteiger partial charge in [0.1, 0.15) is 5.75 Å². The SMILES string of the molecule is CNC1CCC(N(C)Cc2cc(C)ccc2O)CC1. The summed E-state index contributed by atoms with van der Waals surface area (Å²) < 4.78 is 0. The van der Waals surface area contributed by atoms with Crippen molar-refractivity contribution in [2.75, 3.05) is 14.1 Å². The molecular weight excluding hydrogens is 236 g/mol. The van der Waals surface area contributed by atoms with Crippen LogP contribution in [0.3, 0.4) is 0 Å². The van der Waals surface area contributed by atoms with E-state index in [1.54, 1.807) is 6.07 Å².